The summed E-state index contributed by atoms with van der Waals surface area (Å²) in [6.07, 6.45) is 0. The van der Waals surface area contributed by atoms with Gasteiger partial charge >= 0.3 is 15.2 Å². The molecule has 0 bridgehead atoms. The van der Waals surface area contributed by atoms with Crippen LogP contribution in [0.4, 0.5) is 0 Å². The molecule has 0 spiro atoms. The first-order valence-electron chi connectivity index (χ1n) is 3.31. The Morgan fingerprint density at radius 1 is 1.14 bits per heavy atom. The van der Waals surface area contributed by atoms with Crippen LogP contribution in [0.15, 0.2) is 0 Å². The minimum atomic E-state index is -5.07. The van der Waals surface area contributed by atoms with E-state index in [1.54, 1.807) is 0 Å². The third-order valence-corrected chi connectivity index (χ3v) is 5.15. The van der Waals surface area contributed by atoms with Gasteiger partial charge in [0.25, 0.3) is 0 Å². The van der Waals surface area contributed by atoms with Gasteiger partial charge in [-0.15, -0.1) is 0 Å². The molecule has 0 rings (SSSR count). The number of amides is 1. The molecule has 0 aromatic rings. The zero-order chi connectivity index (χ0) is 11.7. The number of carbonyl (C=O) groups is 1. The SMILES string of the molecule is CC(=O)N(C)C(P(=O)(O)O)P(=O)(O)O. The van der Waals surface area contributed by atoms with Crippen molar-refractivity contribution in [1.82, 2.24) is 4.90 Å². The highest BCUT2D eigenvalue weighted by molar-refractivity contribution is 7.70. The van der Waals surface area contributed by atoms with Gasteiger partial charge in [-0.3, -0.25) is 13.9 Å². The van der Waals surface area contributed by atoms with E-state index in [2.05, 4.69) is 0 Å². The predicted molar refractivity (Wildman–Crippen MR) is 46.3 cm³/mol. The van der Waals surface area contributed by atoms with Crippen molar-refractivity contribution in [3.05, 3.63) is 0 Å². The monoisotopic (exact) mass is 247 g/mol. The highest BCUT2D eigenvalue weighted by atomic mass is 31.2. The van der Waals surface area contributed by atoms with Gasteiger partial charge in [0.05, 0.1) is 0 Å². The molecule has 0 heterocycles. The van der Waals surface area contributed by atoms with Crippen molar-refractivity contribution in [3.8, 4) is 0 Å². The first-order chi connectivity index (χ1) is 5.98. The summed E-state index contributed by atoms with van der Waals surface area (Å²) in [6, 6.07) is 0. The third-order valence-electron chi connectivity index (χ3n) is 1.44. The second-order valence-corrected chi connectivity index (χ2v) is 6.40. The van der Waals surface area contributed by atoms with Crippen LogP contribution in [0.5, 0.6) is 0 Å². The Hall–Kier alpha value is -0.230. The molecule has 1 amide bonds. The van der Waals surface area contributed by atoms with Gasteiger partial charge in [0, 0.05) is 14.0 Å². The molecule has 14 heavy (non-hydrogen) atoms. The molecule has 8 nitrogen and oxygen atoms in total. The van der Waals surface area contributed by atoms with E-state index in [9.17, 15) is 13.9 Å². The maximum atomic E-state index is 10.7. The molecule has 4 N–H and O–H groups in total. The fourth-order valence-electron chi connectivity index (χ4n) is 0.810. The molecule has 0 atom stereocenters. The number of nitrogens with zero attached hydrogens (tertiary/aromatic N) is 1. The summed E-state index contributed by atoms with van der Waals surface area (Å²) in [5.41, 5.74) is -2.41. The molecule has 0 radical (unpaired) electrons. The molecule has 0 unspecified atom stereocenters. The molecule has 0 aliphatic rings. The van der Waals surface area contributed by atoms with Crippen LogP contribution < -0.4 is 0 Å². The summed E-state index contributed by atoms with van der Waals surface area (Å²) in [4.78, 5) is 45.7. The Kier molecular flexibility index (Phi) is 4.03. The Balaban J connectivity index is 5.25. The van der Waals surface area contributed by atoms with Crippen molar-refractivity contribution in [2.24, 2.45) is 0 Å². The summed E-state index contributed by atoms with van der Waals surface area (Å²) in [7, 11) is -9.22. The van der Waals surface area contributed by atoms with Crippen molar-refractivity contribution >= 4 is 21.1 Å². The Morgan fingerprint density at radius 2 is 1.43 bits per heavy atom. The van der Waals surface area contributed by atoms with Crippen LogP contribution in [0.25, 0.3) is 0 Å². The van der Waals surface area contributed by atoms with Crippen LogP contribution >= 0.6 is 15.2 Å². The Labute approximate surface area is 79.9 Å². The fraction of sp³-hybridized carbons (Fsp3) is 0.750. The lowest BCUT2D eigenvalue weighted by atomic mass is 10.6. The minimum Gasteiger partial charge on any atom is -0.323 e. The quantitative estimate of drug-likeness (QED) is 0.474. The van der Waals surface area contributed by atoms with Crippen LogP contribution in [0, 0.1) is 0 Å². The second-order valence-electron chi connectivity index (χ2n) is 2.65. The third kappa shape index (κ3) is 3.49. The summed E-state index contributed by atoms with van der Waals surface area (Å²) >= 11 is 0. The highest BCUT2D eigenvalue weighted by Gasteiger charge is 2.47. The van der Waals surface area contributed by atoms with Gasteiger partial charge in [0.15, 0.2) is 0 Å². The average molecular weight is 247 g/mol. The number of hydrogen-bond acceptors (Lipinski definition) is 3. The van der Waals surface area contributed by atoms with E-state index in [1.807, 2.05) is 0 Å². The minimum absolute atomic E-state index is 0.335. The molecule has 0 aromatic carbocycles. The van der Waals surface area contributed by atoms with Crippen molar-refractivity contribution in [1.29, 1.82) is 0 Å². The summed E-state index contributed by atoms with van der Waals surface area (Å²) < 4.78 is 21.5. The molecule has 0 saturated carbocycles. The lowest BCUT2D eigenvalue weighted by Gasteiger charge is -2.27. The zero-order valence-electron chi connectivity index (χ0n) is 7.43. The standard InChI is InChI=1S/C4H11NO7P2/c1-3(6)5(2)4(13(7,8)9)14(10,11)12/h4H,1-2H3,(H2,7,8,9)(H2,10,11,12). The van der Waals surface area contributed by atoms with Gasteiger partial charge in [0.1, 0.15) is 0 Å². The summed E-state index contributed by atoms with van der Waals surface area (Å²) in [5.74, 6) is -0.846. The van der Waals surface area contributed by atoms with Crippen LogP contribution in [0.1, 0.15) is 6.92 Å². The largest absolute Gasteiger partial charge is 0.360 e. The van der Waals surface area contributed by atoms with Crippen molar-refractivity contribution in [3.63, 3.8) is 0 Å². The van der Waals surface area contributed by atoms with Crippen molar-refractivity contribution in [2.45, 2.75) is 12.4 Å². The lowest BCUT2D eigenvalue weighted by Crippen LogP contribution is -2.35. The van der Waals surface area contributed by atoms with Gasteiger partial charge in [-0.25, -0.2) is 0 Å². The van der Waals surface area contributed by atoms with Crippen LogP contribution in [-0.2, 0) is 13.9 Å². The average Bonchev–Trinajstić information content (AvgIpc) is 1.79. The molecule has 84 valence electrons. The van der Waals surface area contributed by atoms with Crippen LogP contribution in [0.2, 0.25) is 0 Å². The highest BCUT2D eigenvalue weighted by Crippen LogP contribution is 2.60. The van der Waals surface area contributed by atoms with Crippen molar-refractivity contribution in [2.75, 3.05) is 7.05 Å². The van der Waals surface area contributed by atoms with Gasteiger partial charge in [-0.05, 0) is 0 Å². The van der Waals surface area contributed by atoms with E-state index in [1.165, 1.54) is 0 Å². The van der Waals surface area contributed by atoms with Gasteiger partial charge in [-0.2, -0.15) is 0 Å². The lowest BCUT2D eigenvalue weighted by molar-refractivity contribution is -0.127. The van der Waals surface area contributed by atoms with Crippen LogP contribution in [0.3, 0.4) is 0 Å². The normalized spacial score (nSPS) is 13.1. The molecule has 0 aromatic heterocycles. The molecule has 0 saturated heterocycles. The van der Waals surface area contributed by atoms with Crippen molar-refractivity contribution < 1.29 is 33.5 Å². The van der Waals surface area contributed by atoms with E-state index in [0.29, 0.717) is 4.90 Å². The molecule has 0 fully saturated rings. The number of rotatable bonds is 3. The Morgan fingerprint density at radius 3 is 1.50 bits per heavy atom. The molecule has 10 heteroatoms. The van der Waals surface area contributed by atoms with Crippen LogP contribution in [-0.4, -0.2) is 43.0 Å². The number of carbonyl (C=O) groups excluding carboxylic acids is 1. The zero-order valence-corrected chi connectivity index (χ0v) is 9.22. The maximum Gasteiger partial charge on any atom is 0.360 e. The Bertz CT molecular complexity index is 294. The van der Waals surface area contributed by atoms with E-state index in [0.717, 1.165) is 14.0 Å². The van der Waals surface area contributed by atoms with Gasteiger partial charge in [-0.1, -0.05) is 0 Å². The van der Waals surface area contributed by atoms with E-state index in [-0.39, 0.29) is 0 Å². The van der Waals surface area contributed by atoms with E-state index < -0.39 is 26.6 Å². The second kappa shape index (κ2) is 4.10. The molecule has 0 aliphatic heterocycles. The van der Waals surface area contributed by atoms with E-state index in [4.69, 9.17) is 19.6 Å². The molecule has 0 aliphatic carbocycles. The number of hydrogen-bond donors (Lipinski definition) is 4. The fourth-order valence-corrected chi connectivity index (χ4v) is 3.61. The topological polar surface area (TPSA) is 135 Å². The molecular formula is C4H11NO7P2. The predicted octanol–water partition coefficient (Wildman–Crippen LogP) is -0.896. The summed E-state index contributed by atoms with van der Waals surface area (Å²) in [5, 5.41) is 0. The maximum absolute atomic E-state index is 10.7. The van der Waals surface area contributed by atoms with Gasteiger partial charge in [0.2, 0.25) is 11.4 Å². The first kappa shape index (κ1) is 13.8. The molecular weight excluding hydrogens is 236 g/mol. The summed E-state index contributed by atoms with van der Waals surface area (Å²) in [6.45, 7) is 0.943. The van der Waals surface area contributed by atoms with Gasteiger partial charge < -0.3 is 24.5 Å². The van der Waals surface area contributed by atoms with E-state index >= 15 is 0 Å². The smallest absolute Gasteiger partial charge is 0.323 e. The first-order valence-corrected chi connectivity index (χ1v) is 6.68.